The van der Waals surface area contributed by atoms with Crippen molar-refractivity contribution in [2.75, 3.05) is 6.61 Å². The van der Waals surface area contributed by atoms with Gasteiger partial charge in [-0.05, 0) is 73.5 Å². The van der Waals surface area contributed by atoms with E-state index in [1.165, 1.54) is 0 Å². The van der Waals surface area contributed by atoms with Gasteiger partial charge in [-0.15, -0.1) is 0 Å². The summed E-state index contributed by atoms with van der Waals surface area (Å²) in [4.78, 5) is 0. The van der Waals surface area contributed by atoms with Crippen molar-refractivity contribution in [2.45, 2.75) is 115 Å². The lowest BCUT2D eigenvalue weighted by Crippen LogP contribution is -2.70. The van der Waals surface area contributed by atoms with Crippen LogP contribution in [0.3, 0.4) is 0 Å². The summed E-state index contributed by atoms with van der Waals surface area (Å²) in [7, 11) is 0. The van der Waals surface area contributed by atoms with Crippen LogP contribution >= 0.6 is 0 Å². The van der Waals surface area contributed by atoms with E-state index in [0.717, 1.165) is 38.7 Å². The molecule has 1 unspecified atom stereocenters. The van der Waals surface area contributed by atoms with E-state index in [9.17, 15) is 20.4 Å². The first-order valence-electron chi connectivity index (χ1n) is 13.5. The van der Waals surface area contributed by atoms with Crippen LogP contribution in [0.2, 0.25) is 0 Å². The van der Waals surface area contributed by atoms with Gasteiger partial charge in [-0.3, -0.25) is 0 Å². The molecule has 0 aromatic heterocycles. The zero-order chi connectivity index (χ0) is 23.6. The zero-order valence-electron chi connectivity index (χ0n) is 20.7. The van der Waals surface area contributed by atoms with Gasteiger partial charge >= 0.3 is 0 Å². The van der Waals surface area contributed by atoms with E-state index in [4.69, 9.17) is 9.47 Å². The molecule has 0 aromatic rings. The monoisotopic (exact) mass is 464 g/mol. The first-order valence-corrected chi connectivity index (χ1v) is 13.5. The Morgan fingerprint density at radius 3 is 2.30 bits per heavy atom. The smallest absolute Gasteiger partial charge is 0.171 e. The van der Waals surface area contributed by atoms with Crippen LogP contribution in [-0.2, 0) is 9.47 Å². The largest absolute Gasteiger partial charge is 0.390 e. The molecule has 2 aliphatic heterocycles. The molecule has 14 atom stereocenters. The highest BCUT2D eigenvalue weighted by molar-refractivity contribution is 5.20. The summed E-state index contributed by atoms with van der Waals surface area (Å²) in [5, 5.41) is 43.8. The van der Waals surface area contributed by atoms with Crippen LogP contribution in [0.4, 0.5) is 0 Å². The fourth-order valence-corrected chi connectivity index (χ4v) is 10.3. The quantitative estimate of drug-likeness (QED) is 0.440. The lowest BCUT2D eigenvalue weighted by Gasteiger charge is -2.66. The summed E-state index contributed by atoms with van der Waals surface area (Å²) in [5.41, 5.74) is -1.79. The zero-order valence-corrected chi connectivity index (χ0v) is 20.7. The van der Waals surface area contributed by atoms with E-state index in [0.29, 0.717) is 42.4 Å². The van der Waals surface area contributed by atoms with Crippen LogP contribution in [0, 0.1) is 46.3 Å². The van der Waals surface area contributed by atoms with Crippen LogP contribution < -0.4 is 0 Å². The number of ether oxygens (including phenoxy) is 2. The van der Waals surface area contributed by atoms with E-state index in [-0.39, 0.29) is 23.9 Å². The highest BCUT2D eigenvalue weighted by atomic mass is 16.7. The Kier molecular flexibility index (Phi) is 5.03. The lowest BCUT2D eigenvalue weighted by molar-refractivity contribution is -0.286. The predicted molar refractivity (Wildman–Crippen MR) is 122 cm³/mol. The van der Waals surface area contributed by atoms with Gasteiger partial charge < -0.3 is 29.9 Å². The number of aliphatic hydroxyl groups excluding tert-OH is 3. The van der Waals surface area contributed by atoms with Gasteiger partial charge in [0, 0.05) is 24.2 Å². The highest BCUT2D eigenvalue weighted by Gasteiger charge is 2.72. The normalized spacial score (nSPS) is 64.7. The SMILES string of the molecule is C[C@@H]1CC[C@@]2(OC1)O[C@H]1C[C@H]3[C@@H]4C[C@H](O)[C@@]5(O)CC(O)[C@H](O)C[C@]5(C)[C@H]4CC[C@]3(C)[C@H]1[C@@H]2C. The minimum atomic E-state index is -1.34. The summed E-state index contributed by atoms with van der Waals surface area (Å²) < 4.78 is 13.2. The maximum absolute atomic E-state index is 11.7. The Labute approximate surface area is 198 Å². The minimum Gasteiger partial charge on any atom is -0.390 e. The lowest BCUT2D eigenvalue weighted by atomic mass is 9.42. The van der Waals surface area contributed by atoms with Crippen molar-refractivity contribution in [3.8, 4) is 0 Å². The molecule has 0 bridgehead atoms. The Bertz CT molecular complexity index is 795. The Morgan fingerprint density at radius 1 is 0.879 bits per heavy atom. The second-order valence-corrected chi connectivity index (χ2v) is 13.5. The summed E-state index contributed by atoms with van der Waals surface area (Å²) >= 11 is 0. The molecule has 0 amide bonds. The van der Waals surface area contributed by atoms with E-state index in [1.54, 1.807) is 0 Å². The molecule has 1 spiro atoms. The highest BCUT2D eigenvalue weighted by Crippen LogP contribution is 2.71. The number of fused-ring (bicyclic) bond motifs is 7. The van der Waals surface area contributed by atoms with Gasteiger partial charge in [-0.2, -0.15) is 0 Å². The maximum Gasteiger partial charge on any atom is 0.171 e. The molecule has 0 aromatic carbocycles. The molecule has 6 aliphatic rings. The number of hydrogen-bond acceptors (Lipinski definition) is 6. The van der Waals surface area contributed by atoms with Crippen LogP contribution in [0.15, 0.2) is 0 Å². The predicted octanol–water partition coefficient (Wildman–Crippen LogP) is 2.85. The molecule has 6 heteroatoms. The molecular formula is C27H44O6. The molecule has 188 valence electrons. The number of hydrogen-bond donors (Lipinski definition) is 4. The van der Waals surface area contributed by atoms with Crippen molar-refractivity contribution >= 4 is 0 Å². The van der Waals surface area contributed by atoms with E-state index >= 15 is 0 Å². The first-order chi connectivity index (χ1) is 15.5. The summed E-state index contributed by atoms with van der Waals surface area (Å²) in [6.07, 6.45) is 3.71. The molecule has 6 fully saturated rings. The Hall–Kier alpha value is -0.240. The fourth-order valence-electron chi connectivity index (χ4n) is 10.3. The number of rotatable bonds is 0. The first kappa shape index (κ1) is 23.2. The minimum absolute atomic E-state index is 0.0562. The molecule has 6 rings (SSSR count). The van der Waals surface area contributed by atoms with Gasteiger partial charge in [-0.1, -0.05) is 27.7 Å². The van der Waals surface area contributed by atoms with Crippen molar-refractivity contribution in [3.63, 3.8) is 0 Å². The molecular weight excluding hydrogens is 420 g/mol. The van der Waals surface area contributed by atoms with Crippen LogP contribution in [0.1, 0.15) is 79.1 Å². The maximum atomic E-state index is 11.7. The third-order valence-electron chi connectivity index (χ3n) is 12.2. The molecule has 2 saturated heterocycles. The van der Waals surface area contributed by atoms with Gasteiger partial charge in [0.05, 0.1) is 36.6 Å². The van der Waals surface area contributed by atoms with Crippen LogP contribution in [0.25, 0.3) is 0 Å². The van der Waals surface area contributed by atoms with E-state index in [1.807, 2.05) is 0 Å². The third kappa shape index (κ3) is 2.83. The molecule has 0 radical (unpaired) electrons. The topological polar surface area (TPSA) is 99.4 Å². The second-order valence-electron chi connectivity index (χ2n) is 13.5. The van der Waals surface area contributed by atoms with Crippen molar-refractivity contribution in [1.29, 1.82) is 0 Å². The average molecular weight is 465 g/mol. The van der Waals surface area contributed by atoms with Gasteiger partial charge in [-0.25, -0.2) is 0 Å². The van der Waals surface area contributed by atoms with Crippen molar-refractivity contribution < 1.29 is 29.9 Å². The molecule has 2 heterocycles. The standard InChI is InChI=1S/C27H44O6/c1-14-5-8-27(32-13-14)15(2)23-21(33-27)10-18-16-9-22(30)26(31)12-20(29)19(28)11-25(26,4)17(16)6-7-24(18,23)3/h14-23,28-31H,5-13H2,1-4H3/t14-,15+,16-,17+,18+,19-,20?,21+,22+,23+,24+,25-,26+,27-/m1/s1. The fraction of sp³-hybridized carbons (Fsp3) is 1.00. The average Bonchev–Trinajstić information content (AvgIpc) is 3.19. The summed E-state index contributed by atoms with van der Waals surface area (Å²) in [6.45, 7) is 9.90. The summed E-state index contributed by atoms with van der Waals surface area (Å²) in [5.74, 6) is 1.97. The van der Waals surface area contributed by atoms with Crippen LogP contribution in [-0.4, -0.2) is 62.8 Å². The van der Waals surface area contributed by atoms with Gasteiger partial charge in [0.2, 0.25) is 0 Å². The van der Waals surface area contributed by atoms with Gasteiger partial charge in [0.25, 0.3) is 0 Å². The van der Waals surface area contributed by atoms with Crippen molar-refractivity contribution in [2.24, 2.45) is 46.3 Å². The second kappa shape index (κ2) is 7.17. The van der Waals surface area contributed by atoms with E-state index in [2.05, 4.69) is 27.7 Å². The van der Waals surface area contributed by atoms with Gasteiger partial charge in [0.15, 0.2) is 5.79 Å². The molecule has 4 N–H and O–H groups in total. The molecule has 6 nitrogen and oxygen atoms in total. The Morgan fingerprint density at radius 2 is 1.61 bits per heavy atom. The van der Waals surface area contributed by atoms with Crippen LogP contribution in [0.5, 0.6) is 0 Å². The summed E-state index contributed by atoms with van der Waals surface area (Å²) in [6, 6.07) is 0. The van der Waals surface area contributed by atoms with Crippen molar-refractivity contribution in [3.05, 3.63) is 0 Å². The molecule has 33 heavy (non-hydrogen) atoms. The Balaban J connectivity index is 1.30. The number of aliphatic hydroxyl groups is 4. The van der Waals surface area contributed by atoms with E-state index < -0.39 is 35.1 Å². The molecule has 4 aliphatic carbocycles. The third-order valence-corrected chi connectivity index (χ3v) is 12.2. The molecule has 4 saturated carbocycles. The van der Waals surface area contributed by atoms with Crippen molar-refractivity contribution in [1.82, 2.24) is 0 Å². The van der Waals surface area contributed by atoms with Gasteiger partial charge in [0.1, 0.15) is 0 Å².